The fourth-order valence-electron chi connectivity index (χ4n) is 1.13. The number of aromatic carboxylic acids is 1. The van der Waals surface area contributed by atoms with Crippen LogP contribution < -0.4 is 0 Å². The second-order valence-corrected chi connectivity index (χ2v) is 3.07. The molecule has 5 heteroatoms. The van der Waals surface area contributed by atoms with Gasteiger partial charge in [-0.25, -0.2) is 4.79 Å². The molecular weight excluding hydrogens is 196 g/mol. The number of aryl methyl sites for hydroxylation is 1. The van der Waals surface area contributed by atoms with Gasteiger partial charge in [-0.1, -0.05) is 5.16 Å². The summed E-state index contributed by atoms with van der Waals surface area (Å²) in [5, 5.41) is 12.1. The number of aromatic nitrogens is 2. The van der Waals surface area contributed by atoms with Crippen LogP contribution in [0.5, 0.6) is 0 Å². The van der Waals surface area contributed by atoms with Crippen molar-refractivity contribution in [2.24, 2.45) is 0 Å². The number of pyridine rings is 1. The Kier molecular flexibility index (Phi) is 2.21. The third-order valence-electron chi connectivity index (χ3n) is 1.93. The van der Waals surface area contributed by atoms with Gasteiger partial charge in [0, 0.05) is 23.5 Å². The van der Waals surface area contributed by atoms with Crippen LogP contribution >= 0.6 is 0 Å². The molecule has 2 rings (SSSR count). The summed E-state index contributed by atoms with van der Waals surface area (Å²) in [6, 6.07) is 4.99. The van der Waals surface area contributed by atoms with Crippen LogP contribution in [0.3, 0.4) is 0 Å². The lowest BCUT2D eigenvalue weighted by Gasteiger charge is -1.94. The fraction of sp³-hybridized carbons (Fsp3) is 0.100. The zero-order valence-corrected chi connectivity index (χ0v) is 7.97. The third-order valence-corrected chi connectivity index (χ3v) is 1.93. The molecule has 0 aliphatic rings. The van der Waals surface area contributed by atoms with Gasteiger partial charge >= 0.3 is 5.97 Å². The molecule has 76 valence electrons. The SMILES string of the molecule is Cc1ccc(-c2cc(C(=O)O)no2)cn1. The molecule has 0 saturated heterocycles. The van der Waals surface area contributed by atoms with E-state index in [1.165, 1.54) is 6.07 Å². The van der Waals surface area contributed by atoms with E-state index >= 15 is 0 Å². The van der Waals surface area contributed by atoms with Crippen molar-refractivity contribution >= 4 is 5.97 Å². The molecule has 0 amide bonds. The first-order valence-electron chi connectivity index (χ1n) is 4.30. The van der Waals surface area contributed by atoms with Crippen LogP contribution in [0.25, 0.3) is 11.3 Å². The van der Waals surface area contributed by atoms with E-state index in [1.54, 1.807) is 12.3 Å². The predicted molar refractivity (Wildman–Crippen MR) is 51.4 cm³/mol. The average Bonchev–Trinajstić information content (AvgIpc) is 2.68. The summed E-state index contributed by atoms with van der Waals surface area (Å²) < 4.78 is 4.88. The lowest BCUT2D eigenvalue weighted by molar-refractivity contribution is 0.0686. The number of carboxylic acids is 1. The van der Waals surface area contributed by atoms with Crippen molar-refractivity contribution in [1.82, 2.24) is 10.1 Å². The first-order valence-corrected chi connectivity index (χ1v) is 4.30. The van der Waals surface area contributed by atoms with Crippen LogP contribution in [-0.2, 0) is 0 Å². The first-order chi connectivity index (χ1) is 7.16. The standard InChI is InChI=1S/C10H8N2O3/c1-6-2-3-7(5-11-6)9-4-8(10(13)14)12-15-9/h2-5H,1H3,(H,13,14). The van der Waals surface area contributed by atoms with Gasteiger partial charge in [-0.05, 0) is 19.1 Å². The smallest absolute Gasteiger partial charge is 0.358 e. The van der Waals surface area contributed by atoms with Gasteiger partial charge in [-0.15, -0.1) is 0 Å². The molecule has 15 heavy (non-hydrogen) atoms. The molecule has 0 aliphatic heterocycles. The Bertz CT molecular complexity index is 488. The Balaban J connectivity index is 2.37. The summed E-state index contributed by atoms with van der Waals surface area (Å²) in [4.78, 5) is 14.6. The molecular formula is C10H8N2O3. The van der Waals surface area contributed by atoms with Crippen molar-refractivity contribution in [3.8, 4) is 11.3 Å². The first kappa shape index (κ1) is 9.39. The number of hydrogen-bond donors (Lipinski definition) is 1. The summed E-state index contributed by atoms with van der Waals surface area (Å²) >= 11 is 0. The highest BCUT2D eigenvalue weighted by molar-refractivity contribution is 5.86. The van der Waals surface area contributed by atoms with Crippen molar-refractivity contribution in [3.63, 3.8) is 0 Å². The summed E-state index contributed by atoms with van der Waals surface area (Å²) in [5.41, 5.74) is 1.49. The van der Waals surface area contributed by atoms with E-state index in [9.17, 15) is 4.79 Å². The van der Waals surface area contributed by atoms with Crippen LogP contribution in [-0.4, -0.2) is 21.2 Å². The molecule has 0 spiro atoms. The molecule has 0 fully saturated rings. The molecule has 0 aromatic carbocycles. The Morgan fingerprint density at radius 1 is 1.47 bits per heavy atom. The minimum Gasteiger partial charge on any atom is -0.476 e. The van der Waals surface area contributed by atoms with E-state index in [2.05, 4.69) is 10.1 Å². The Hall–Kier alpha value is -2.17. The zero-order valence-electron chi connectivity index (χ0n) is 7.97. The van der Waals surface area contributed by atoms with Crippen LogP contribution in [0.2, 0.25) is 0 Å². The Morgan fingerprint density at radius 3 is 2.80 bits per heavy atom. The van der Waals surface area contributed by atoms with E-state index in [4.69, 9.17) is 9.63 Å². The largest absolute Gasteiger partial charge is 0.476 e. The highest BCUT2D eigenvalue weighted by Gasteiger charge is 2.11. The number of hydrogen-bond acceptors (Lipinski definition) is 4. The number of carboxylic acid groups (broad SMARTS) is 1. The van der Waals surface area contributed by atoms with Crippen LogP contribution in [0.15, 0.2) is 28.9 Å². The molecule has 2 aromatic rings. The minimum atomic E-state index is -1.11. The van der Waals surface area contributed by atoms with Crippen molar-refractivity contribution in [1.29, 1.82) is 0 Å². The molecule has 0 radical (unpaired) electrons. The Labute approximate surface area is 85.4 Å². The second-order valence-electron chi connectivity index (χ2n) is 3.07. The van der Waals surface area contributed by atoms with Crippen LogP contribution in [0, 0.1) is 6.92 Å². The van der Waals surface area contributed by atoms with E-state index in [-0.39, 0.29) is 5.69 Å². The Morgan fingerprint density at radius 2 is 2.27 bits per heavy atom. The summed E-state index contributed by atoms with van der Waals surface area (Å²) in [7, 11) is 0. The number of nitrogens with zero attached hydrogens (tertiary/aromatic N) is 2. The van der Waals surface area contributed by atoms with Crippen LogP contribution in [0.4, 0.5) is 0 Å². The summed E-state index contributed by atoms with van der Waals surface area (Å²) in [6.07, 6.45) is 1.61. The van der Waals surface area contributed by atoms with Crippen molar-refractivity contribution in [2.45, 2.75) is 6.92 Å². The minimum absolute atomic E-state index is 0.106. The van der Waals surface area contributed by atoms with Gasteiger partial charge in [0.1, 0.15) is 0 Å². The molecule has 0 aliphatic carbocycles. The second kappa shape index (κ2) is 3.53. The van der Waals surface area contributed by atoms with Crippen molar-refractivity contribution in [3.05, 3.63) is 35.8 Å². The maximum absolute atomic E-state index is 10.6. The maximum Gasteiger partial charge on any atom is 0.358 e. The molecule has 5 nitrogen and oxygen atoms in total. The molecule has 2 aromatic heterocycles. The van der Waals surface area contributed by atoms with Gasteiger partial charge in [0.15, 0.2) is 11.5 Å². The highest BCUT2D eigenvalue weighted by atomic mass is 16.5. The third kappa shape index (κ3) is 1.85. The molecule has 0 bridgehead atoms. The lowest BCUT2D eigenvalue weighted by Crippen LogP contribution is -1.94. The number of rotatable bonds is 2. The molecule has 2 heterocycles. The average molecular weight is 204 g/mol. The van der Waals surface area contributed by atoms with Gasteiger partial charge in [-0.2, -0.15) is 0 Å². The van der Waals surface area contributed by atoms with Crippen molar-refractivity contribution < 1.29 is 14.4 Å². The van der Waals surface area contributed by atoms with Gasteiger partial charge in [0.25, 0.3) is 0 Å². The quantitative estimate of drug-likeness (QED) is 0.806. The molecule has 0 saturated carbocycles. The predicted octanol–water partition coefficient (Wildman–Crippen LogP) is 1.74. The van der Waals surface area contributed by atoms with Gasteiger partial charge < -0.3 is 9.63 Å². The maximum atomic E-state index is 10.6. The normalized spacial score (nSPS) is 10.2. The summed E-state index contributed by atoms with van der Waals surface area (Å²) in [6.45, 7) is 1.87. The molecule has 0 atom stereocenters. The molecule has 1 N–H and O–H groups in total. The zero-order chi connectivity index (χ0) is 10.8. The van der Waals surface area contributed by atoms with E-state index < -0.39 is 5.97 Å². The van der Waals surface area contributed by atoms with Gasteiger partial charge in [0.05, 0.1) is 0 Å². The van der Waals surface area contributed by atoms with Crippen LogP contribution in [0.1, 0.15) is 16.2 Å². The molecule has 0 unspecified atom stereocenters. The number of carbonyl (C=O) groups is 1. The summed E-state index contributed by atoms with van der Waals surface area (Å²) in [5.74, 6) is -0.704. The van der Waals surface area contributed by atoms with Gasteiger partial charge in [-0.3, -0.25) is 4.98 Å². The van der Waals surface area contributed by atoms with E-state index in [0.717, 1.165) is 5.69 Å². The fourth-order valence-corrected chi connectivity index (χ4v) is 1.13. The van der Waals surface area contributed by atoms with E-state index in [1.807, 2.05) is 13.0 Å². The topological polar surface area (TPSA) is 76.2 Å². The van der Waals surface area contributed by atoms with Crippen molar-refractivity contribution in [2.75, 3.05) is 0 Å². The van der Waals surface area contributed by atoms with Gasteiger partial charge in [0.2, 0.25) is 0 Å². The highest BCUT2D eigenvalue weighted by Crippen LogP contribution is 2.19. The van der Waals surface area contributed by atoms with E-state index in [0.29, 0.717) is 11.3 Å². The monoisotopic (exact) mass is 204 g/mol. The lowest BCUT2D eigenvalue weighted by atomic mass is 10.2.